The summed E-state index contributed by atoms with van der Waals surface area (Å²) >= 11 is 0. The van der Waals surface area contributed by atoms with Gasteiger partial charge in [0.1, 0.15) is 5.56 Å². The Balaban J connectivity index is 1.60. The lowest BCUT2D eigenvalue weighted by atomic mass is 10.1. The Morgan fingerprint density at radius 2 is 1.93 bits per heavy atom. The van der Waals surface area contributed by atoms with E-state index in [1.807, 2.05) is 43.3 Å². The van der Waals surface area contributed by atoms with Crippen LogP contribution in [0.2, 0.25) is 0 Å². The number of nitrogens with zero attached hydrogens (tertiary/aromatic N) is 4. The normalized spacial score (nSPS) is 10.9. The molecule has 0 fully saturated rings. The molecular weight excluding hydrogens is 344 g/mol. The first-order valence-corrected chi connectivity index (χ1v) is 8.36. The quantitative estimate of drug-likeness (QED) is 0.576. The van der Waals surface area contributed by atoms with Crippen molar-refractivity contribution in [2.24, 2.45) is 0 Å². The predicted molar refractivity (Wildman–Crippen MR) is 99.2 cm³/mol. The Hall–Kier alpha value is -3.81. The van der Waals surface area contributed by atoms with Gasteiger partial charge in [-0.1, -0.05) is 29.8 Å². The van der Waals surface area contributed by atoms with Crippen LogP contribution in [0.15, 0.2) is 59.5 Å². The maximum atomic E-state index is 12.2. The van der Waals surface area contributed by atoms with Gasteiger partial charge in [-0.25, -0.2) is 0 Å². The molecule has 2 N–H and O–H groups in total. The van der Waals surface area contributed by atoms with Gasteiger partial charge in [0.2, 0.25) is 0 Å². The van der Waals surface area contributed by atoms with Gasteiger partial charge in [0.25, 0.3) is 11.5 Å². The average Bonchev–Trinajstić information content (AvgIpc) is 3.09. The minimum absolute atomic E-state index is 0.0413. The lowest BCUT2D eigenvalue weighted by Gasteiger charge is -2.05. The van der Waals surface area contributed by atoms with Crippen molar-refractivity contribution >= 4 is 11.6 Å². The van der Waals surface area contributed by atoms with E-state index in [0.717, 1.165) is 11.3 Å². The summed E-state index contributed by atoms with van der Waals surface area (Å²) in [4.78, 5) is 26.4. The van der Waals surface area contributed by atoms with Gasteiger partial charge in [0, 0.05) is 11.8 Å². The molecule has 0 aliphatic rings. The number of rotatable bonds is 4. The minimum Gasteiger partial charge on any atom is -0.344 e. The molecule has 0 spiro atoms. The monoisotopic (exact) mass is 360 g/mol. The first-order valence-electron chi connectivity index (χ1n) is 8.36. The summed E-state index contributed by atoms with van der Waals surface area (Å²) in [6.07, 6.45) is 1.47. The van der Waals surface area contributed by atoms with E-state index in [1.54, 1.807) is 10.6 Å². The summed E-state index contributed by atoms with van der Waals surface area (Å²) in [6.45, 7) is 2.12. The molecule has 0 atom stereocenters. The molecule has 27 heavy (non-hydrogen) atoms. The molecule has 0 saturated heterocycles. The number of benzene rings is 1. The van der Waals surface area contributed by atoms with Gasteiger partial charge in [0.15, 0.2) is 11.5 Å². The molecule has 0 unspecified atom stereocenters. The highest BCUT2D eigenvalue weighted by Gasteiger charge is 2.13. The highest BCUT2D eigenvalue weighted by Crippen LogP contribution is 2.18. The number of carbonyl (C=O) groups is 1. The number of amides is 1. The van der Waals surface area contributed by atoms with Crippen molar-refractivity contribution in [3.05, 3.63) is 82.0 Å². The van der Waals surface area contributed by atoms with Crippen LogP contribution in [-0.4, -0.2) is 30.7 Å². The molecule has 3 heterocycles. The van der Waals surface area contributed by atoms with Crippen LogP contribution in [-0.2, 0) is 6.54 Å². The highest BCUT2D eigenvalue weighted by molar-refractivity contribution is 5.93. The van der Waals surface area contributed by atoms with Crippen LogP contribution in [0.4, 0.5) is 0 Å². The number of hydrogen-bond donors (Lipinski definition) is 2. The molecule has 4 rings (SSSR count). The zero-order chi connectivity index (χ0) is 18.8. The van der Waals surface area contributed by atoms with Gasteiger partial charge >= 0.3 is 0 Å². The van der Waals surface area contributed by atoms with Crippen molar-refractivity contribution < 1.29 is 4.79 Å². The Bertz CT molecular complexity index is 1180. The third kappa shape index (κ3) is 3.32. The average molecular weight is 360 g/mol. The van der Waals surface area contributed by atoms with Gasteiger partial charge in [0.05, 0.1) is 12.2 Å². The number of aromatic nitrogens is 5. The summed E-state index contributed by atoms with van der Waals surface area (Å²) < 4.78 is 1.59. The largest absolute Gasteiger partial charge is 0.344 e. The molecule has 3 aromatic heterocycles. The molecule has 0 bridgehead atoms. The second-order valence-electron chi connectivity index (χ2n) is 6.07. The number of aromatic amines is 1. The van der Waals surface area contributed by atoms with Crippen molar-refractivity contribution in [3.63, 3.8) is 0 Å². The molecule has 134 valence electrons. The summed E-state index contributed by atoms with van der Waals surface area (Å²) in [5.74, 6) is -0.0111. The third-order valence-corrected chi connectivity index (χ3v) is 4.14. The van der Waals surface area contributed by atoms with Crippen molar-refractivity contribution in [1.82, 2.24) is 30.1 Å². The molecule has 1 aromatic carbocycles. The van der Waals surface area contributed by atoms with Crippen molar-refractivity contribution in [1.29, 1.82) is 0 Å². The fourth-order valence-electron chi connectivity index (χ4n) is 2.68. The van der Waals surface area contributed by atoms with E-state index in [4.69, 9.17) is 0 Å². The van der Waals surface area contributed by atoms with E-state index in [0.29, 0.717) is 11.5 Å². The Morgan fingerprint density at radius 1 is 1.11 bits per heavy atom. The Kier molecular flexibility index (Phi) is 4.21. The van der Waals surface area contributed by atoms with E-state index < -0.39 is 11.5 Å². The molecule has 0 aliphatic heterocycles. The van der Waals surface area contributed by atoms with Gasteiger partial charge < -0.3 is 10.3 Å². The second kappa shape index (κ2) is 6.83. The number of carbonyl (C=O) groups excluding carboxylic acids is 1. The van der Waals surface area contributed by atoms with Crippen LogP contribution in [0.1, 0.15) is 21.7 Å². The minimum atomic E-state index is -0.483. The smallest absolute Gasteiger partial charge is 0.260 e. The molecule has 0 aliphatic carbocycles. The van der Waals surface area contributed by atoms with Gasteiger partial charge in [-0.05, 0) is 31.2 Å². The van der Waals surface area contributed by atoms with Crippen LogP contribution in [0.5, 0.6) is 0 Å². The number of pyridine rings is 1. The molecule has 4 aromatic rings. The standard InChI is InChI=1S/C19H16N6O2/c1-12-4-6-13(7-5-12)15-8-9-16-22-23-17(25(16)24-15)11-21-19(27)14-3-2-10-20-18(14)26/h2-10H,11H2,1H3,(H,20,26)(H,21,27). The van der Waals surface area contributed by atoms with Crippen molar-refractivity contribution in [2.75, 3.05) is 0 Å². The molecule has 8 nitrogen and oxygen atoms in total. The predicted octanol–water partition coefficient (Wildman–Crippen LogP) is 1.72. The van der Waals surface area contributed by atoms with E-state index in [2.05, 4.69) is 25.6 Å². The van der Waals surface area contributed by atoms with Gasteiger partial charge in [-0.3, -0.25) is 9.59 Å². The summed E-state index contributed by atoms with van der Waals surface area (Å²) in [5, 5.41) is 15.4. The lowest BCUT2D eigenvalue weighted by Crippen LogP contribution is -2.29. The van der Waals surface area contributed by atoms with Crippen molar-refractivity contribution in [3.8, 4) is 11.3 Å². The molecule has 0 saturated carbocycles. The fraction of sp³-hybridized carbons (Fsp3) is 0.105. The number of hydrogen-bond acceptors (Lipinski definition) is 5. The Morgan fingerprint density at radius 3 is 2.70 bits per heavy atom. The van der Waals surface area contributed by atoms with E-state index in [-0.39, 0.29) is 12.1 Å². The summed E-state index contributed by atoms with van der Waals surface area (Å²) in [5.41, 5.74) is 3.09. The third-order valence-electron chi connectivity index (χ3n) is 4.14. The summed E-state index contributed by atoms with van der Waals surface area (Å²) in [6, 6.07) is 14.8. The zero-order valence-electron chi connectivity index (χ0n) is 14.5. The number of fused-ring (bicyclic) bond motifs is 1. The van der Waals surface area contributed by atoms with E-state index >= 15 is 0 Å². The lowest BCUT2D eigenvalue weighted by molar-refractivity contribution is 0.0948. The summed E-state index contributed by atoms with van der Waals surface area (Å²) in [7, 11) is 0. The van der Waals surface area contributed by atoms with Crippen LogP contribution in [0, 0.1) is 6.92 Å². The van der Waals surface area contributed by atoms with E-state index in [9.17, 15) is 9.59 Å². The number of aryl methyl sites for hydroxylation is 1. The van der Waals surface area contributed by atoms with Crippen LogP contribution < -0.4 is 10.9 Å². The zero-order valence-corrected chi connectivity index (χ0v) is 14.5. The van der Waals surface area contributed by atoms with Crippen LogP contribution >= 0.6 is 0 Å². The molecule has 8 heteroatoms. The SMILES string of the molecule is Cc1ccc(-c2ccc3nnc(CNC(=O)c4ccc[nH]c4=O)n3n2)cc1. The van der Waals surface area contributed by atoms with Gasteiger partial charge in [-0.15, -0.1) is 10.2 Å². The number of nitrogens with one attached hydrogen (secondary N) is 2. The maximum Gasteiger partial charge on any atom is 0.260 e. The van der Waals surface area contributed by atoms with Crippen LogP contribution in [0.25, 0.3) is 16.9 Å². The van der Waals surface area contributed by atoms with Crippen molar-refractivity contribution in [2.45, 2.75) is 13.5 Å². The highest BCUT2D eigenvalue weighted by atomic mass is 16.2. The molecule has 1 amide bonds. The molecule has 0 radical (unpaired) electrons. The second-order valence-corrected chi connectivity index (χ2v) is 6.07. The first kappa shape index (κ1) is 16.6. The van der Waals surface area contributed by atoms with Gasteiger partial charge in [-0.2, -0.15) is 9.61 Å². The first-order chi connectivity index (χ1) is 13.1. The topological polar surface area (TPSA) is 105 Å². The molecular formula is C19H16N6O2. The fourth-order valence-corrected chi connectivity index (χ4v) is 2.68. The number of H-pyrrole nitrogens is 1. The Labute approximate surface area is 153 Å². The van der Waals surface area contributed by atoms with Crippen LogP contribution in [0.3, 0.4) is 0 Å². The van der Waals surface area contributed by atoms with E-state index in [1.165, 1.54) is 17.8 Å². The maximum absolute atomic E-state index is 12.2.